The molecule has 0 radical (unpaired) electrons. The molecule has 26 heavy (non-hydrogen) atoms. The SMILES string of the molecule is COc1cccc(/C=N\NC(=O)[C@H](C)Oc2ccc([N+](=O)[O-])cc2)c1O. The molecule has 2 rings (SSSR count). The first-order valence-corrected chi connectivity index (χ1v) is 7.52. The van der Waals surface area contributed by atoms with E-state index in [2.05, 4.69) is 10.5 Å². The zero-order valence-corrected chi connectivity index (χ0v) is 14.1. The number of hydrogen-bond acceptors (Lipinski definition) is 7. The van der Waals surface area contributed by atoms with Gasteiger partial charge >= 0.3 is 0 Å². The van der Waals surface area contributed by atoms with E-state index in [-0.39, 0.29) is 17.2 Å². The fourth-order valence-electron chi connectivity index (χ4n) is 1.97. The molecule has 0 aliphatic carbocycles. The maximum atomic E-state index is 12.0. The van der Waals surface area contributed by atoms with Crippen LogP contribution in [-0.4, -0.2) is 35.4 Å². The second kappa shape index (κ2) is 8.47. The second-order valence-corrected chi connectivity index (χ2v) is 5.14. The topological polar surface area (TPSA) is 123 Å². The van der Waals surface area contributed by atoms with Crippen molar-refractivity contribution in [2.75, 3.05) is 7.11 Å². The van der Waals surface area contributed by atoms with Gasteiger partial charge in [0.25, 0.3) is 11.6 Å². The predicted molar refractivity (Wildman–Crippen MR) is 93.6 cm³/mol. The number of carbonyl (C=O) groups excluding carboxylic acids is 1. The molecule has 1 amide bonds. The highest BCUT2D eigenvalue weighted by Gasteiger charge is 2.15. The summed E-state index contributed by atoms with van der Waals surface area (Å²) in [5.41, 5.74) is 2.59. The molecule has 0 bridgehead atoms. The highest BCUT2D eigenvalue weighted by atomic mass is 16.6. The monoisotopic (exact) mass is 359 g/mol. The van der Waals surface area contributed by atoms with Gasteiger partial charge in [-0.25, -0.2) is 5.43 Å². The van der Waals surface area contributed by atoms with Crippen molar-refractivity contribution in [3.63, 3.8) is 0 Å². The molecule has 0 aromatic heterocycles. The van der Waals surface area contributed by atoms with Crippen molar-refractivity contribution in [2.45, 2.75) is 13.0 Å². The van der Waals surface area contributed by atoms with Crippen LogP contribution in [0.5, 0.6) is 17.2 Å². The number of carbonyl (C=O) groups is 1. The number of phenolic OH excluding ortho intramolecular Hbond substituents is 1. The average molecular weight is 359 g/mol. The third kappa shape index (κ3) is 4.69. The first kappa shape index (κ1) is 18.7. The third-order valence-corrected chi connectivity index (χ3v) is 3.36. The number of para-hydroxylation sites is 1. The Morgan fingerprint density at radius 3 is 2.62 bits per heavy atom. The summed E-state index contributed by atoms with van der Waals surface area (Å²) in [4.78, 5) is 22.1. The summed E-state index contributed by atoms with van der Waals surface area (Å²) in [6, 6.07) is 10.2. The number of methoxy groups -OCH3 is 1. The van der Waals surface area contributed by atoms with Crippen LogP contribution in [0.15, 0.2) is 47.6 Å². The van der Waals surface area contributed by atoms with E-state index in [1.807, 2.05) is 0 Å². The highest BCUT2D eigenvalue weighted by Crippen LogP contribution is 2.27. The van der Waals surface area contributed by atoms with Crippen molar-refractivity contribution in [1.29, 1.82) is 0 Å². The van der Waals surface area contributed by atoms with Crippen molar-refractivity contribution in [1.82, 2.24) is 5.43 Å². The summed E-state index contributed by atoms with van der Waals surface area (Å²) >= 11 is 0. The van der Waals surface area contributed by atoms with Crippen molar-refractivity contribution >= 4 is 17.8 Å². The van der Waals surface area contributed by atoms with Crippen molar-refractivity contribution in [3.05, 3.63) is 58.1 Å². The Labute approximate surface area is 149 Å². The maximum Gasteiger partial charge on any atom is 0.280 e. The lowest BCUT2D eigenvalue weighted by Crippen LogP contribution is -2.33. The lowest BCUT2D eigenvalue weighted by atomic mass is 10.2. The molecule has 2 aromatic rings. The molecule has 0 spiro atoms. The first-order valence-electron chi connectivity index (χ1n) is 7.52. The molecule has 0 aliphatic heterocycles. The first-order chi connectivity index (χ1) is 12.4. The number of non-ortho nitro benzene ring substituents is 1. The largest absolute Gasteiger partial charge is 0.504 e. The average Bonchev–Trinajstić information content (AvgIpc) is 2.63. The van der Waals surface area contributed by atoms with E-state index in [1.54, 1.807) is 18.2 Å². The van der Waals surface area contributed by atoms with E-state index in [9.17, 15) is 20.0 Å². The van der Waals surface area contributed by atoms with Gasteiger partial charge in [0.15, 0.2) is 17.6 Å². The van der Waals surface area contributed by atoms with E-state index in [0.29, 0.717) is 11.3 Å². The molecule has 0 aliphatic rings. The van der Waals surface area contributed by atoms with Gasteiger partial charge < -0.3 is 14.6 Å². The molecule has 2 N–H and O–H groups in total. The summed E-state index contributed by atoms with van der Waals surface area (Å²) in [5.74, 6) is -0.0204. The molecule has 0 fully saturated rings. The number of phenols is 1. The zero-order chi connectivity index (χ0) is 19.1. The van der Waals surface area contributed by atoms with Gasteiger partial charge in [-0.05, 0) is 31.2 Å². The molecule has 9 heteroatoms. The number of aromatic hydroxyl groups is 1. The Kier molecular flexibility index (Phi) is 6.10. The van der Waals surface area contributed by atoms with Crippen LogP contribution in [0.25, 0.3) is 0 Å². The Morgan fingerprint density at radius 1 is 1.31 bits per heavy atom. The number of ether oxygens (including phenoxy) is 2. The number of rotatable bonds is 7. The van der Waals surface area contributed by atoms with Crippen molar-refractivity contribution in [2.24, 2.45) is 5.10 Å². The summed E-state index contributed by atoms with van der Waals surface area (Å²) in [5, 5.41) is 24.3. The minimum Gasteiger partial charge on any atom is -0.504 e. The number of hydrogen-bond donors (Lipinski definition) is 2. The van der Waals surface area contributed by atoms with Crippen molar-refractivity contribution < 1.29 is 24.3 Å². The van der Waals surface area contributed by atoms with Crippen LogP contribution < -0.4 is 14.9 Å². The van der Waals surface area contributed by atoms with Gasteiger partial charge in [0.2, 0.25) is 0 Å². The summed E-state index contributed by atoms with van der Waals surface area (Å²) < 4.78 is 10.4. The number of benzene rings is 2. The summed E-state index contributed by atoms with van der Waals surface area (Å²) in [7, 11) is 1.43. The molecular formula is C17H17N3O6. The van der Waals surface area contributed by atoms with Gasteiger partial charge in [-0.2, -0.15) is 5.10 Å². The Hall–Kier alpha value is -3.62. The molecule has 136 valence electrons. The minimum absolute atomic E-state index is 0.0721. The van der Waals surface area contributed by atoms with E-state index in [4.69, 9.17) is 9.47 Å². The van der Waals surface area contributed by atoms with Crippen LogP contribution in [-0.2, 0) is 4.79 Å². The van der Waals surface area contributed by atoms with Crippen LogP contribution in [0, 0.1) is 10.1 Å². The summed E-state index contributed by atoms with van der Waals surface area (Å²) in [6.07, 6.45) is 0.390. The number of nitrogens with one attached hydrogen (secondary N) is 1. The third-order valence-electron chi connectivity index (χ3n) is 3.36. The fraction of sp³-hybridized carbons (Fsp3) is 0.176. The highest BCUT2D eigenvalue weighted by molar-refractivity contribution is 5.87. The molecule has 2 aromatic carbocycles. The summed E-state index contributed by atoms with van der Waals surface area (Å²) in [6.45, 7) is 1.51. The smallest absolute Gasteiger partial charge is 0.280 e. The van der Waals surface area contributed by atoms with Crippen LogP contribution in [0.4, 0.5) is 5.69 Å². The quantitative estimate of drug-likeness (QED) is 0.444. The Balaban J connectivity index is 1.93. The van der Waals surface area contributed by atoms with Gasteiger partial charge in [-0.1, -0.05) is 6.07 Å². The normalized spacial score (nSPS) is 11.8. The van der Waals surface area contributed by atoms with Gasteiger partial charge in [-0.15, -0.1) is 0 Å². The van der Waals surface area contributed by atoms with Crippen LogP contribution in [0.2, 0.25) is 0 Å². The van der Waals surface area contributed by atoms with E-state index < -0.39 is 16.9 Å². The Bertz CT molecular complexity index is 820. The number of nitro groups is 1. The molecule has 0 heterocycles. The van der Waals surface area contributed by atoms with Crippen LogP contribution in [0.3, 0.4) is 0 Å². The molecule has 1 atom stereocenters. The molecule has 0 unspecified atom stereocenters. The van der Waals surface area contributed by atoms with Crippen molar-refractivity contribution in [3.8, 4) is 17.2 Å². The number of hydrazone groups is 1. The minimum atomic E-state index is -0.882. The van der Waals surface area contributed by atoms with Gasteiger partial charge in [-0.3, -0.25) is 14.9 Å². The fourth-order valence-corrected chi connectivity index (χ4v) is 1.97. The molecule has 9 nitrogen and oxygen atoms in total. The van der Waals surface area contributed by atoms with Gasteiger partial charge in [0, 0.05) is 17.7 Å². The van der Waals surface area contributed by atoms with E-state index in [1.165, 1.54) is 44.5 Å². The lowest BCUT2D eigenvalue weighted by Gasteiger charge is -2.12. The van der Waals surface area contributed by atoms with E-state index in [0.717, 1.165) is 0 Å². The maximum absolute atomic E-state index is 12.0. The number of nitrogens with zero attached hydrogens (tertiary/aromatic N) is 2. The van der Waals surface area contributed by atoms with Gasteiger partial charge in [0.1, 0.15) is 5.75 Å². The standard InChI is InChI=1S/C17H17N3O6/c1-11(26-14-8-6-13(7-9-14)20(23)24)17(22)19-18-10-12-4-3-5-15(25-2)16(12)21/h3-11,21H,1-2H3,(H,19,22)/b18-10-/t11-/m0/s1. The molecule has 0 saturated carbocycles. The lowest BCUT2D eigenvalue weighted by molar-refractivity contribution is -0.384. The van der Waals surface area contributed by atoms with Gasteiger partial charge in [0.05, 0.1) is 18.2 Å². The molecule has 0 saturated heterocycles. The predicted octanol–water partition coefficient (Wildman–Crippen LogP) is 2.23. The second-order valence-electron chi connectivity index (χ2n) is 5.14. The Morgan fingerprint density at radius 2 is 2.00 bits per heavy atom. The van der Waals surface area contributed by atoms with Crippen LogP contribution in [0.1, 0.15) is 12.5 Å². The number of nitro benzene ring substituents is 1. The van der Waals surface area contributed by atoms with E-state index >= 15 is 0 Å². The van der Waals surface area contributed by atoms with Crippen LogP contribution >= 0.6 is 0 Å². The molecular weight excluding hydrogens is 342 g/mol. The zero-order valence-electron chi connectivity index (χ0n) is 14.1. The number of amides is 1.